The van der Waals surface area contributed by atoms with Crippen LogP contribution in [0, 0.1) is 0 Å². The Hall–Kier alpha value is -2.82. The summed E-state index contributed by atoms with van der Waals surface area (Å²) >= 11 is 0. The van der Waals surface area contributed by atoms with Gasteiger partial charge in [0.2, 0.25) is 0 Å². The van der Waals surface area contributed by atoms with E-state index in [9.17, 15) is 9.59 Å². The number of hydrogen-bond donors (Lipinski definition) is 0. The Morgan fingerprint density at radius 1 is 0.923 bits per heavy atom. The number of benzene rings is 2. The summed E-state index contributed by atoms with van der Waals surface area (Å²) in [6.07, 6.45) is 0.983. The number of aryl methyl sites for hydroxylation is 1. The molecule has 0 radical (unpaired) electrons. The lowest BCUT2D eigenvalue weighted by molar-refractivity contribution is -0.133. The summed E-state index contributed by atoms with van der Waals surface area (Å²) in [7, 11) is 1.70. The van der Waals surface area contributed by atoms with Gasteiger partial charge in [0.25, 0.3) is 5.91 Å². The fourth-order valence-corrected chi connectivity index (χ4v) is 2.42. The molecular weight excluding hydrogens is 330 g/mol. The van der Waals surface area contributed by atoms with Crippen molar-refractivity contribution in [2.75, 3.05) is 20.3 Å². The summed E-state index contributed by atoms with van der Waals surface area (Å²) in [6.45, 7) is 4.75. The molecule has 0 N–H and O–H groups in total. The molecule has 1 amide bonds. The standard InChI is InChI=1S/C21H25NO4/c1-4-16-6-8-17(9-7-16)14-22(3)20(23)15-26-21(24)18-10-12-19(13-11-18)25-5-2/h6-13H,4-5,14-15H2,1-3H3. The second kappa shape index (κ2) is 9.61. The van der Waals surface area contributed by atoms with Crippen molar-refractivity contribution in [3.63, 3.8) is 0 Å². The van der Waals surface area contributed by atoms with E-state index in [2.05, 4.69) is 19.1 Å². The monoisotopic (exact) mass is 355 g/mol. The normalized spacial score (nSPS) is 10.3. The maximum atomic E-state index is 12.2. The molecule has 0 fully saturated rings. The van der Waals surface area contributed by atoms with Gasteiger partial charge >= 0.3 is 5.97 Å². The van der Waals surface area contributed by atoms with Gasteiger partial charge in [0.05, 0.1) is 12.2 Å². The molecular formula is C21H25NO4. The van der Waals surface area contributed by atoms with Gasteiger partial charge in [-0.3, -0.25) is 4.79 Å². The van der Waals surface area contributed by atoms with Gasteiger partial charge in [-0.25, -0.2) is 4.79 Å². The summed E-state index contributed by atoms with van der Waals surface area (Å²) in [6, 6.07) is 14.8. The highest BCUT2D eigenvalue weighted by Crippen LogP contribution is 2.13. The second-order valence-electron chi connectivity index (χ2n) is 5.95. The number of rotatable bonds is 8. The van der Waals surface area contributed by atoms with Gasteiger partial charge in [-0.05, 0) is 48.7 Å². The number of nitrogens with zero attached hydrogens (tertiary/aromatic N) is 1. The molecule has 0 saturated carbocycles. The average molecular weight is 355 g/mol. The molecule has 2 aromatic rings. The van der Waals surface area contributed by atoms with Gasteiger partial charge in [0.1, 0.15) is 5.75 Å². The summed E-state index contributed by atoms with van der Waals surface area (Å²) < 4.78 is 10.4. The lowest BCUT2D eigenvalue weighted by atomic mass is 10.1. The summed E-state index contributed by atoms with van der Waals surface area (Å²) in [5.41, 5.74) is 2.68. The van der Waals surface area contributed by atoms with Crippen molar-refractivity contribution >= 4 is 11.9 Å². The number of ether oxygens (including phenoxy) is 2. The first-order valence-corrected chi connectivity index (χ1v) is 8.75. The van der Waals surface area contributed by atoms with Crippen molar-refractivity contribution < 1.29 is 19.1 Å². The van der Waals surface area contributed by atoms with Crippen molar-refractivity contribution in [2.24, 2.45) is 0 Å². The van der Waals surface area contributed by atoms with Crippen LogP contribution in [0.3, 0.4) is 0 Å². The largest absolute Gasteiger partial charge is 0.494 e. The number of likely N-dealkylation sites (N-methyl/N-ethyl adjacent to an activating group) is 1. The Labute approximate surface area is 154 Å². The van der Waals surface area contributed by atoms with E-state index in [-0.39, 0.29) is 12.5 Å². The molecule has 138 valence electrons. The number of carbonyl (C=O) groups is 2. The van der Waals surface area contributed by atoms with Gasteiger partial charge in [0, 0.05) is 13.6 Å². The predicted octanol–water partition coefficient (Wildman–Crippen LogP) is 3.46. The van der Waals surface area contributed by atoms with E-state index in [1.54, 1.807) is 36.2 Å². The summed E-state index contributed by atoms with van der Waals surface area (Å²) in [5.74, 6) is -0.0834. The maximum Gasteiger partial charge on any atom is 0.338 e. The summed E-state index contributed by atoms with van der Waals surface area (Å²) in [5, 5.41) is 0. The molecule has 2 rings (SSSR count). The molecule has 0 bridgehead atoms. The second-order valence-corrected chi connectivity index (χ2v) is 5.95. The molecule has 0 aliphatic heterocycles. The molecule has 2 aromatic carbocycles. The Bertz CT molecular complexity index is 723. The van der Waals surface area contributed by atoms with Crippen LogP contribution in [-0.4, -0.2) is 37.0 Å². The fraction of sp³-hybridized carbons (Fsp3) is 0.333. The van der Waals surface area contributed by atoms with Crippen LogP contribution in [0.25, 0.3) is 0 Å². The van der Waals surface area contributed by atoms with Crippen LogP contribution >= 0.6 is 0 Å². The van der Waals surface area contributed by atoms with E-state index >= 15 is 0 Å². The van der Waals surface area contributed by atoms with Crippen LogP contribution in [0.2, 0.25) is 0 Å². The highest BCUT2D eigenvalue weighted by molar-refractivity contribution is 5.91. The van der Waals surface area contributed by atoms with E-state index in [1.165, 1.54) is 5.56 Å². The third kappa shape index (κ3) is 5.62. The Balaban J connectivity index is 1.83. The molecule has 0 heterocycles. The van der Waals surface area contributed by atoms with Crippen molar-refractivity contribution in [2.45, 2.75) is 26.8 Å². The van der Waals surface area contributed by atoms with E-state index < -0.39 is 5.97 Å². The minimum absolute atomic E-state index is 0.246. The minimum Gasteiger partial charge on any atom is -0.494 e. The first-order valence-electron chi connectivity index (χ1n) is 8.75. The fourth-order valence-electron chi connectivity index (χ4n) is 2.42. The molecule has 0 atom stereocenters. The first-order chi connectivity index (χ1) is 12.5. The van der Waals surface area contributed by atoms with Crippen molar-refractivity contribution in [3.8, 4) is 5.75 Å². The van der Waals surface area contributed by atoms with E-state index in [0.717, 1.165) is 12.0 Å². The van der Waals surface area contributed by atoms with Gasteiger partial charge in [-0.2, -0.15) is 0 Å². The lowest BCUT2D eigenvalue weighted by Gasteiger charge is -2.17. The predicted molar refractivity (Wildman–Crippen MR) is 100 cm³/mol. The van der Waals surface area contributed by atoms with Crippen LogP contribution in [0.1, 0.15) is 35.3 Å². The van der Waals surface area contributed by atoms with Gasteiger partial charge in [-0.15, -0.1) is 0 Å². The quantitative estimate of drug-likeness (QED) is 0.681. The van der Waals surface area contributed by atoms with E-state index in [0.29, 0.717) is 24.5 Å². The first kappa shape index (κ1) is 19.5. The van der Waals surface area contributed by atoms with Crippen LogP contribution in [0.5, 0.6) is 5.75 Å². The van der Waals surface area contributed by atoms with Gasteiger partial charge in [0.15, 0.2) is 6.61 Å². The summed E-state index contributed by atoms with van der Waals surface area (Å²) in [4.78, 5) is 25.8. The molecule has 0 aliphatic rings. The average Bonchev–Trinajstić information content (AvgIpc) is 2.67. The molecule has 5 heteroatoms. The zero-order valence-electron chi connectivity index (χ0n) is 15.5. The number of carbonyl (C=O) groups excluding carboxylic acids is 2. The minimum atomic E-state index is -0.526. The molecule has 0 unspecified atom stereocenters. The van der Waals surface area contributed by atoms with Gasteiger partial charge in [-0.1, -0.05) is 31.2 Å². The number of hydrogen-bond acceptors (Lipinski definition) is 4. The van der Waals surface area contributed by atoms with Crippen molar-refractivity contribution in [3.05, 3.63) is 65.2 Å². The number of esters is 1. The maximum absolute atomic E-state index is 12.2. The topological polar surface area (TPSA) is 55.8 Å². The van der Waals surface area contributed by atoms with Crippen LogP contribution < -0.4 is 4.74 Å². The van der Waals surface area contributed by atoms with Crippen LogP contribution in [-0.2, 0) is 22.5 Å². The van der Waals surface area contributed by atoms with E-state index in [4.69, 9.17) is 9.47 Å². The zero-order valence-corrected chi connectivity index (χ0v) is 15.5. The smallest absolute Gasteiger partial charge is 0.338 e. The molecule has 0 aromatic heterocycles. The Kier molecular flexibility index (Phi) is 7.21. The van der Waals surface area contributed by atoms with E-state index in [1.807, 2.05) is 19.1 Å². The lowest BCUT2D eigenvalue weighted by Crippen LogP contribution is -2.30. The Morgan fingerprint density at radius 2 is 1.54 bits per heavy atom. The van der Waals surface area contributed by atoms with Gasteiger partial charge < -0.3 is 14.4 Å². The van der Waals surface area contributed by atoms with Crippen LogP contribution in [0.15, 0.2) is 48.5 Å². The number of amides is 1. The highest BCUT2D eigenvalue weighted by atomic mass is 16.5. The molecule has 0 spiro atoms. The zero-order chi connectivity index (χ0) is 18.9. The molecule has 26 heavy (non-hydrogen) atoms. The molecule has 5 nitrogen and oxygen atoms in total. The third-order valence-corrected chi connectivity index (χ3v) is 4.00. The third-order valence-electron chi connectivity index (χ3n) is 4.00. The SMILES string of the molecule is CCOc1ccc(C(=O)OCC(=O)N(C)Cc2ccc(CC)cc2)cc1. The van der Waals surface area contributed by atoms with Crippen molar-refractivity contribution in [1.29, 1.82) is 0 Å². The van der Waals surface area contributed by atoms with Crippen molar-refractivity contribution in [1.82, 2.24) is 4.90 Å². The Morgan fingerprint density at radius 3 is 2.12 bits per heavy atom. The van der Waals surface area contributed by atoms with Crippen LogP contribution in [0.4, 0.5) is 0 Å². The molecule has 0 aliphatic carbocycles. The highest BCUT2D eigenvalue weighted by Gasteiger charge is 2.14. The molecule has 0 saturated heterocycles.